The quantitative estimate of drug-likeness (QED) is 0.767. The van der Waals surface area contributed by atoms with E-state index < -0.39 is 11.8 Å². The lowest BCUT2D eigenvalue weighted by molar-refractivity contribution is -0.118. The molecule has 1 aliphatic heterocycles. The molecule has 30 heavy (non-hydrogen) atoms. The normalized spacial score (nSPS) is 17.2. The number of fused-ring (bicyclic) bond motifs is 1. The summed E-state index contributed by atoms with van der Waals surface area (Å²) >= 11 is 0. The third-order valence-electron chi connectivity index (χ3n) is 5.68. The van der Waals surface area contributed by atoms with Gasteiger partial charge in [-0.05, 0) is 49.9 Å². The molecule has 6 nitrogen and oxygen atoms in total. The predicted octanol–water partition coefficient (Wildman–Crippen LogP) is 4.43. The van der Waals surface area contributed by atoms with Crippen molar-refractivity contribution in [3.8, 4) is 11.5 Å². The average molecular weight is 408 g/mol. The predicted molar refractivity (Wildman–Crippen MR) is 115 cm³/mol. The van der Waals surface area contributed by atoms with Crippen LogP contribution in [0.5, 0.6) is 11.5 Å². The Morgan fingerprint density at radius 3 is 2.43 bits per heavy atom. The highest BCUT2D eigenvalue weighted by Gasteiger charge is 2.44. The maximum absolute atomic E-state index is 12.9. The Kier molecular flexibility index (Phi) is 5.41. The SMILES string of the molecule is Cc1cccc(C(=O)NC(C(=O)Nc2ccc3c(c2)OC2(CCCC2)O3)C(C)C)c1. The zero-order valence-corrected chi connectivity index (χ0v) is 17.7. The first-order chi connectivity index (χ1) is 14.3. The molecule has 2 aliphatic rings. The Bertz CT molecular complexity index is 963. The summed E-state index contributed by atoms with van der Waals surface area (Å²) in [4.78, 5) is 25.6. The molecular weight excluding hydrogens is 380 g/mol. The summed E-state index contributed by atoms with van der Waals surface area (Å²) in [7, 11) is 0. The van der Waals surface area contributed by atoms with Gasteiger partial charge in [0.1, 0.15) is 6.04 Å². The summed E-state index contributed by atoms with van der Waals surface area (Å²) in [6.07, 6.45) is 3.94. The fourth-order valence-electron chi connectivity index (χ4n) is 4.06. The van der Waals surface area contributed by atoms with Gasteiger partial charge in [-0.15, -0.1) is 0 Å². The zero-order chi connectivity index (χ0) is 21.3. The molecule has 0 saturated heterocycles. The molecule has 158 valence electrons. The molecule has 2 aromatic carbocycles. The van der Waals surface area contributed by atoms with Crippen molar-refractivity contribution in [3.63, 3.8) is 0 Å². The van der Waals surface area contributed by atoms with E-state index in [0.29, 0.717) is 22.7 Å². The summed E-state index contributed by atoms with van der Waals surface area (Å²) in [5.41, 5.74) is 2.15. The molecule has 2 N–H and O–H groups in total. The van der Waals surface area contributed by atoms with Crippen molar-refractivity contribution in [1.29, 1.82) is 0 Å². The number of carbonyl (C=O) groups is 2. The number of amides is 2. The average Bonchev–Trinajstić information content (AvgIpc) is 3.31. The van der Waals surface area contributed by atoms with Crippen molar-refractivity contribution < 1.29 is 19.1 Å². The van der Waals surface area contributed by atoms with E-state index in [1.54, 1.807) is 24.3 Å². The van der Waals surface area contributed by atoms with Crippen molar-refractivity contribution in [2.45, 2.75) is 58.3 Å². The van der Waals surface area contributed by atoms with E-state index in [1.165, 1.54) is 0 Å². The van der Waals surface area contributed by atoms with Crippen LogP contribution in [-0.2, 0) is 4.79 Å². The van der Waals surface area contributed by atoms with Crippen LogP contribution in [0, 0.1) is 12.8 Å². The van der Waals surface area contributed by atoms with Gasteiger partial charge in [-0.1, -0.05) is 31.5 Å². The van der Waals surface area contributed by atoms with Gasteiger partial charge in [0.05, 0.1) is 0 Å². The van der Waals surface area contributed by atoms with Gasteiger partial charge in [0, 0.05) is 30.2 Å². The van der Waals surface area contributed by atoms with E-state index in [4.69, 9.17) is 9.47 Å². The Balaban J connectivity index is 1.45. The van der Waals surface area contributed by atoms with Crippen LogP contribution in [-0.4, -0.2) is 23.6 Å². The zero-order valence-electron chi connectivity index (χ0n) is 17.7. The molecule has 0 radical (unpaired) electrons. The third-order valence-corrected chi connectivity index (χ3v) is 5.68. The van der Waals surface area contributed by atoms with Gasteiger partial charge in [0.15, 0.2) is 11.5 Å². The number of benzene rings is 2. The standard InChI is InChI=1S/C24H28N2O4/c1-15(2)21(26-22(27)17-8-6-7-16(3)13-17)23(28)25-18-9-10-19-20(14-18)30-24(29-19)11-4-5-12-24/h6-10,13-15,21H,4-5,11-12H2,1-3H3,(H,25,28)(H,26,27). The minimum absolute atomic E-state index is 0.0745. The molecule has 4 rings (SSSR count). The summed E-state index contributed by atoms with van der Waals surface area (Å²) < 4.78 is 12.1. The highest BCUT2D eigenvalue weighted by atomic mass is 16.7. The lowest BCUT2D eigenvalue weighted by Gasteiger charge is -2.22. The van der Waals surface area contributed by atoms with Crippen LogP contribution in [0.4, 0.5) is 5.69 Å². The number of ether oxygens (including phenoxy) is 2. The topological polar surface area (TPSA) is 76.7 Å². The number of aryl methyl sites for hydroxylation is 1. The molecule has 6 heteroatoms. The van der Waals surface area contributed by atoms with Gasteiger partial charge in [-0.2, -0.15) is 0 Å². The van der Waals surface area contributed by atoms with E-state index >= 15 is 0 Å². The second kappa shape index (κ2) is 8.01. The number of carbonyl (C=O) groups excluding carboxylic acids is 2. The van der Waals surface area contributed by atoms with E-state index in [-0.39, 0.29) is 17.7 Å². The minimum atomic E-state index is -0.662. The maximum atomic E-state index is 12.9. The Morgan fingerprint density at radius 2 is 1.73 bits per heavy atom. The molecule has 1 heterocycles. The first kappa shape index (κ1) is 20.3. The van der Waals surface area contributed by atoms with Crippen molar-refractivity contribution in [2.75, 3.05) is 5.32 Å². The van der Waals surface area contributed by atoms with E-state index in [9.17, 15) is 9.59 Å². The van der Waals surface area contributed by atoms with Crippen LogP contribution in [0.25, 0.3) is 0 Å². The number of rotatable bonds is 5. The van der Waals surface area contributed by atoms with Crippen LogP contribution in [0.3, 0.4) is 0 Å². The summed E-state index contributed by atoms with van der Waals surface area (Å²) in [5.74, 6) is 0.228. The molecule has 1 atom stereocenters. The molecule has 1 unspecified atom stereocenters. The molecule has 1 fully saturated rings. The fourth-order valence-corrected chi connectivity index (χ4v) is 4.06. The minimum Gasteiger partial charge on any atom is -0.448 e. The Labute approximate surface area is 177 Å². The van der Waals surface area contributed by atoms with Gasteiger partial charge in [-0.25, -0.2) is 0 Å². The number of anilines is 1. The van der Waals surface area contributed by atoms with Crippen LogP contribution in [0.1, 0.15) is 55.5 Å². The van der Waals surface area contributed by atoms with Crippen molar-refractivity contribution in [1.82, 2.24) is 5.32 Å². The maximum Gasteiger partial charge on any atom is 0.251 e. The van der Waals surface area contributed by atoms with Crippen LogP contribution in [0.15, 0.2) is 42.5 Å². The van der Waals surface area contributed by atoms with Gasteiger partial charge < -0.3 is 20.1 Å². The van der Waals surface area contributed by atoms with Crippen molar-refractivity contribution in [2.24, 2.45) is 5.92 Å². The Hall–Kier alpha value is -3.02. The first-order valence-corrected chi connectivity index (χ1v) is 10.6. The highest BCUT2D eigenvalue weighted by Crippen LogP contribution is 2.47. The van der Waals surface area contributed by atoms with Crippen molar-refractivity contribution in [3.05, 3.63) is 53.6 Å². The lowest BCUT2D eigenvalue weighted by Crippen LogP contribution is -2.47. The molecule has 1 aliphatic carbocycles. The monoisotopic (exact) mass is 408 g/mol. The lowest BCUT2D eigenvalue weighted by atomic mass is 10.0. The second-order valence-corrected chi connectivity index (χ2v) is 8.54. The molecular formula is C24H28N2O4. The molecule has 1 saturated carbocycles. The Morgan fingerprint density at radius 1 is 1.00 bits per heavy atom. The summed E-state index contributed by atoms with van der Waals surface area (Å²) in [5, 5.41) is 5.78. The van der Waals surface area contributed by atoms with E-state index in [0.717, 1.165) is 31.2 Å². The van der Waals surface area contributed by atoms with E-state index in [1.807, 2.05) is 39.0 Å². The fraction of sp³-hybridized carbons (Fsp3) is 0.417. The van der Waals surface area contributed by atoms with Crippen LogP contribution >= 0.6 is 0 Å². The van der Waals surface area contributed by atoms with E-state index in [2.05, 4.69) is 10.6 Å². The summed E-state index contributed by atoms with van der Waals surface area (Å²) in [6, 6.07) is 12.1. The largest absolute Gasteiger partial charge is 0.448 e. The first-order valence-electron chi connectivity index (χ1n) is 10.6. The molecule has 0 aromatic heterocycles. The molecule has 0 bridgehead atoms. The number of hydrogen-bond acceptors (Lipinski definition) is 4. The second-order valence-electron chi connectivity index (χ2n) is 8.54. The van der Waals surface area contributed by atoms with Gasteiger partial charge in [-0.3, -0.25) is 9.59 Å². The highest BCUT2D eigenvalue weighted by molar-refractivity contribution is 6.01. The van der Waals surface area contributed by atoms with Crippen LogP contribution in [0.2, 0.25) is 0 Å². The van der Waals surface area contributed by atoms with Gasteiger partial charge >= 0.3 is 0 Å². The molecule has 2 amide bonds. The third kappa shape index (κ3) is 4.13. The van der Waals surface area contributed by atoms with Crippen molar-refractivity contribution >= 4 is 17.5 Å². The molecule has 1 spiro atoms. The van der Waals surface area contributed by atoms with Gasteiger partial charge in [0.2, 0.25) is 5.91 Å². The summed E-state index contributed by atoms with van der Waals surface area (Å²) in [6.45, 7) is 5.74. The number of hydrogen-bond donors (Lipinski definition) is 2. The smallest absolute Gasteiger partial charge is 0.251 e. The molecule has 2 aromatic rings. The van der Waals surface area contributed by atoms with Crippen LogP contribution < -0.4 is 20.1 Å². The number of nitrogens with one attached hydrogen (secondary N) is 2. The van der Waals surface area contributed by atoms with Gasteiger partial charge in [0.25, 0.3) is 11.7 Å².